The van der Waals surface area contributed by atoms with Crippen molar-refractivity contribution in [3.8, 4) is 5.75 Å². The molecule has 2 aromatic rings. The fraction of sp³-hybridized carbons (Fsp3) is 0.364. The highest BCUT2D eigenvalue weighted by atomic mass is 16.5. The highest BCUT2D eigenvalue weighted by Gasteiger charge is 2.12. The zero-order valence-electron chi connectivity index (χ0n) is 16.8. The third-order valence-electron chi connectivity index (χ3n) is 4.22. The number of nitrogens with one attached hydrogen (secondary N) is 2. The van der Waals surface area contributed by atoms with E-state index in [4.69, 9.17) is 4.74 Å². The molecule has 2 rings (SSSR count). The van der Waals surface area contributed by atoms with Gasteiger partial charge in [-0.15, -0.1) is 0 Å². The molecule has 0 aromatic heterocycles. The Morgan fingerprint density at radius 3 is 2.32 bits per heavy atom. The minimum Gasteiger partial charge on any atom is -0.494 e. The van der Waals surface area contributed by atoms with E-state index >= 15 is 0 Å². The molecule has 0 aliphatic carbocycles. The van der Waals surface area contributed by atoms with Crippen LogP contribution in [0.1, 0.15) is 37.6 Å². The number of carbonyl (C=O) groups is 2. The molecule has 0 saturated carbocycles. The molecule has 28 heavy (non-hydrogen) atoms. The lowest BCUT2D eigenvalue weighted by Gasteiger charge is -2.19. The molecule has 0 fully saturated rings. The van der Waals surface area contributed by atoms with Crippen molar-refractivity contribution in [3.63, 3.8) is 0 Å². The number of carbonyl (C=O) groups excluding carboxylic acids is 2. The summed E-state index contributed by atoms with van der Waals surface area (Å²) in [5.74, 6) is 0.610. The van der Waals surface area contributed by atoms with E-state index in [9.17, 15) is 9.59 Å². The van der Waals surface area contributed by atoms with Crippen LogP contribution in [0.4, 0.5) is 11.4 Å². The van der Waals surface area contributed by atoms with Crippen molar-refractivity contribution < 1.29 is 14.3 Å². The van der Waals surface area contributed by atoms with Crippen LogP contribution in [-0.4, -0.2) is 43.0 Å². The first-order chi connectivity index (χ1) is 13.6. The van der Waals surface area contributed by atoms with Gasteiger partial charge in [-0.3, -0.25) is 9.59 Å². The first-order valence-corrected chi connectivity index (χ1v) is 9.73. The van der Waals surface area contributed by atoms with E-state index < -0.39 is 0 Å². The molecule has 6 nitrogen and oxygen atoms in total. The maximum Gasteiger partial charge on any atom is 0.253 e. The van der Waals surface area contributed by atoms with Crippen molar-refractivity contribution >= 4 is 23.2 Å². The molecule has 0 aliphatic rings. The van der Waals surface area contributed by atoms with Crippen molar-refractivity contribution in [2.45, 2.75) is 27.2 Å². The van der Waals surface area contributed by atoms with Crippen LogP contribution >= 0.6 is 0 Å². The summed E-state index contributed by atoms with van der Waals surface area (Å²) in [5, 5.41) is 5.90. The van der Waals surface area contributed by atoms with Gasteiger partial charge in [-0.2, -0.15) is 0 Å². The second kappa shape index (κ2) is 11.0. The van der Waals surface area contributed by atoms with Crippen LogP contribution in [0.5, 0.6) is 5.75 Å². The smallest absolute Gasteiger partial charge is 0.253 e. The summed E-state index contributed by atoms with van der Waals surface area (Å²) < 4.78 is 5.53. The first-order valence-electron chi connectivity index (χ1n) is 9.73. The molecule has 0 heterocycles. The molecule has 2 aromatic carbocycles. The SMILES string of the molecule is CCCOc1ccc(NC(=O)CNc2cccc(C(=O)N(CC)CC)c2)cc1. The second-order valence-electron chi connectivity index (χ2n) is 6.33. The van der Waals surface area contributed by atoms with Gasteiger partial charge in [-0.1, -0.05) is 13.0 Å². The molecule has 2 amide bonds. The number of nitrogens with zero attached hydrogens (tertiary/aromatic N) is 1. The largest absolute Gasteiger partial charge is 0.494 e. The standard InChI is InChI=1S/C22H29N3O3/c1-4-14-28-20-12-10-18(11-13-20)24-21(26)16-23-19-9-7-8-17(15-19)22(27)25(5-2)6-3/h7-13,15,23H,4-6,14,16H2,1-3H3,(H,24,26). The van der Waals surface area contributed by atoms with Crippen LogP contribution in [0, 0.1) is 0 Å². The molecule has 0 unspecified atom stereocenters. The molecule has 6 heteroatoms. The highest BCUT2D eigenvalue weighted by molar-refractivity contribution is 5.96. The van der Waals surface area contributed by atoms with Crippen molar-refractivity contribution in [1.82, 2.24) is 4.90 Å². The van der Waals surface area contributed by atoms with E-state index in [2.05, 4.69) is 17.6 Å². The molecule has 0 aliphatic heterocycles. The monoisotopic (exact) mass is 383 g/mol. The zero-order valence-corrected chi connectivity index (χ0v) is 16.8. The van der Waals surface area contributed by atoms with Crippen LogP contribution in [-0.2, 0) is 4.79 Å². The summed E-state index contributed by atoms with van der Waals surface area (Å²) >= 11 is 0. The van der Waals surface area contributed by atoms with E-state index in [0.29, 0.717) is 30.9 Å². The molecule has 0 atom stereocenters. The van der Waals surface area contributed by atoms with Crippen LogP contribution in [0.25, 0.3) is 0 Å². The van der Waals surface area contributed by atoms with E-state index in [1.165, 1.54) is 0 Å². The Morgan fingerprint density at radius 2 is 1.68 bits per heavy atom. The summed E-state index contributed by atoms with van der Waals surface area (Å²) in [6.45, 7) is 8.07. The molecule has 0 radical (unpaired) electrons. The minimum atomic E-state index is -0.164. The van der Waals surface area contributed by atoms with Gasteiger partial charge >= 0.3 is 0 Å². The zero-order chi connectivity index (χ0) is 20.4. The maximum absolute atomic E-state index is 12.4. The summed E-state index contributed by atoms with van der Waals surface area (Å²) in [6.07, 6.45) is 0.950. The number of benzene rings is 2. The molecule has 150 valence electrons. The van der Waals surface area contributed by atoms with Gasteiger partial charge in [-0.05, 0) is 62.7 Å². The Bertz CT molecular complexity index is 771. The normalized spacial score (nSPS) is 10.2. The molecule has 0 saturated heterocycles. The Kier molecular flexibility index (Phi) is 8.34. The number of rotatable bonds is 10. The van der Waals surface area contributed by atoms with Crippen LogP contribution in [0.3, 0.4) is 0 Å². The fourth-order valence-electron chi connectivity index (χ4n) is 2.70. The number of anilines is 2. The average Bonchev–Trinajstić information content (AvgIpc) is 2.73. The number of hydrogen-bond donors (Lipinski definition) is 2. The van der Waals surface area contributed by atoms with E-state index in [1.54, 1.807) is 17.0 Å². The highest BCUT2D eigenvalue weighted by Crippen LogP contribution is 2.16. The molecular weight excluding hydrogens is 354 g/mol. The van der Waals surface area contributed by atoms with E-state index in [0.717, 1.165) is 17.9 Å². The van der Waals surface area contributed by atoms with Crippen molar-refractivity contribution in [1.29, 1.82) is 0 Å². The van der Waals surface area contributed by atoms with Crippen molar-refractivity contribution in [3.05, 3.63) is 54.1 Å². The van der Waals surface area contributed by atoms with Crippen molar-refractivity contribution in [2.75, 3.05) is 36.9 Å². The summed E-state index contributed by atoms with van der Waals surface area (Å²) in [4.78, 5) is 26.4. The molecule has 0 spiro atoms. The van der Waals surface area contributed by atoms with Crippen LogP contribution in [0.2, 0.25) is 0 Å². The average molecular weight is 383 g/mol. The fourth-order valence-corrected chi connectivity index (χ4v) is 2.70. The topological polar surface area (TPSA) is 70.7 Å². The van der Waals surface area contributed by atoms with Gasteiger partial charge in [0, 0.05) is 30.0 Å². The van der Waals surface area contributed by atoms with Gasteiger partial charge in [0.1, 0.15) is 5.75 Å². The first kappa shape index (κ1) is 21.3. The van der Waals surface area contributed by atoms with Gasteiger partial charge in [0.25, 0.3) is 5.91 Å². The van der Waals surface area contributed by atoms with Gasteiger partial charge in [-0.25, -0.2) is 0 Å². The van der Waals surface area contributed by atoms with Crippen molar-refractivity contribution in [2.24, 2.45) is 0 Å². The van der Waals surface area contributed by atoms with Gasteiger partial charge < -0.3 is 20.3 Å². The summed E-state index contributed by atoms with van der Waals surface area (Å²) in [5.41, 5.74) is 2.05. The number of amides is 2. The summed E-state index contributed by atoms with van der Waals surface area (Å²) in [6, 6.07) is 14.5. The van der Waals surface area contributed by atoms with Crippen LogP contribution < -0.4 is 15.4 Å². The van der Waals surface area contributed by atoms with E-state index in [1.807, 2.05) is 50.2 Å². The Labute approximate surface area is 166 Å². The Balaban J connectivity index is 1.88. The van der Waals surface area contributed by atoms with E-state index in [-0.39, 0.29) is 18.4 Å². The predicted octanol–water partition coefficient (Wildman–Crippen LogP) is 4.01. The Hall–Kier alpha value is -3.02. The maximum atomic E-state index is 12.4. The molecule has 0 bridgehead atoms. The quantitative estimate of drug-likeness (QED) is 0.650. The lowest BCUT2D eigenvalue weighted by Crippen LogP contribution is -2.30. The number of ether oxygens (including phenoxy) is 1. The molecule has 2 N–H and O–H groups in total. The third-order valence-corrected chi connectivity index (χ3v) is 4.22. The molecular formula is C22H29N3O3. The Morgan fingerprint density at radius 1 is 0.964 bits per heavy atom. The summed E-state index contributed by atoms with van der Waals surface area (Å²) in [7, 11) is 0. The minimum absolute atomic E-state index is 0.0107. The van der Waals surface area contributed by atoms with Gasteiger partial charge in [0.05, 0.1) is 13.2 Å². The van der Waals surface area contributed by atoms with Crippen LogP contribution in [0.15, 0.2) is 48.5 Å². The van der Waals surface area contributed by atoms with Gasteiger partial charge in [0.2, 0.25) is 5.91 Å². The third kappa shape index (κ3) is 6.30. The lowest BCUT2D eigenvalue weighted by atomic mass is 10.1. The second-order valence-corrected chi connectivity index (χ2v) is 6.33. The van der Waals surface area contributed by atoms with Gasteiger partial charge in [0.15, 0.2) is 0 Å². The predicted molar refractivity (Wildman–Crippen MR) is 113 cm³/mol. The lowest BCUT2D eigenvalue weighted by molar-refractivity contribution is -0.114. The number of hydrogen-bond acceptors (Lipinski definition) is 4.